The van der Waals surface area contributed by atoms with E-state index in [1.165, 1.54) is 25.7 Å². The van der Waals surface area contributed by atoms with Crippen LogP contribution in [-0.2, 0) is 9.78 Å². The van der Waals surface area contributed by atoms with Gasteiger partial charge in [0.05, 0.1) is 6.61 Å². The molecule has 2 nitrogen and oxygen atoms in total. The highest BCUT2D eigenvalue weighted by Crippen LogP contribution is 2.26. The van der Waals surface area contributed by atoms with Gasteiger partial charge in [0.2, 0.25) is 0 Å². The van der Waals surface area contributed by atoms with Crippen LogP contribution in [0.2, 0.25) is 0 Å². The predicted molar refractivity (Wildman–Crippen MR) is 64.6 cm³/mol. The van der Waals surface area contributed by atoms with Crippen LogP contribution >= 0.6 is 0 Å². The van der Waals surface area contributed by atoms with E-state index in [1.807, 2.05) is 0 Å². The molecular weight excluding hydrogens is 188 g/mol. The van der Waals surface area contributed by atoms with Gasteiger partial charge in [-0.25, -0.2) is 9.78 Å². The molecule has 0 aromatic heterocycles. The molecule has 0 atom stereocenters. The Bertz CT molecular complexity index is 153. The summed E-state index contributed by atoms with van der Waals surface area (Å²) in [6.45, 7) is 11.6. The van der Waals surface area contributed by atoms with Crippen LogP contribution in [0.3, 0.4) is 0 Å². The molecule has 0 aromatic carbocycles. The molecule has 0 aliphatic heterocycles. The zero-order valence-corrected chi connectivity index (χ0v) is 10.6. The van der Waals surface area contributed by atoms with Crippen molar-refractivity contribution in [3.05, 3.63) is 12.7 Å². The van der Waals surface area contributed by atoms with Crippen molar-refractivity contribution in [1.29, 1.82) is 0 Å². The van der Waals surface area contributed by atoms with Gasteiger partial charge < -0.3 is 0 Å². The van der Waals surface area contributed by atoms with Crippen LogP contribution in [0.5, 0.6) is 0 Å². The van der Waals surface area contributed by atoms with Gasteiger partial charge in [-0.15, -0.1) is 6.58 Å². The van der Waals surface area contributed by atoms with Crippen molar-refractivity contribution >= 4 is 0 Å². The Labute approximate surface area is 94.6 Å². The third-order valence-corrected chi connectivity index (χ3v) is 2.81. The summed E-state index contributed by atoms with van der Waals surface area (Å²) < 4.78 is 0. The maximum Gasteiger partial charge on any atom is 0.100 e. The molecule has 0 bridgehead atoms. The Kier molecular flexibility index (Phi) is 8.73. The predicted octanol–water partition coefficient (Wildman–Crippen LogP) is 4.12. The molecule has 0 spiro atoms. The fourth-order valence-corrected chi connectivity index (χ4v) is 1.27. The van der Waals surface area contributed by atoms with Crippen molar-refractivity contribution in [2.45, 2.75) is 52.9 Å². The number of hydrogen-bond donors (Lipinski definition) is 0. The summed E-state index contributed by atoms with van der Waals surface area (Å²) >= 11 is 0. The topological polar surface area (TPSA) is 18.5 Å². The van der Waals surface area contributed by atoms with E-state index in [4.69, 9.17) is 9.78 Å². The van der Waals surface area contributed by atoms with Crippen molar-refractivity contribution in [2.24, 2.45) is 5.41 Å². The van der Waals surface area contributed by atoms with E-state index in [2.05, 4.69) is 27.4 Å². The van der Waals surface area contributed by atoms with Gasteiger partial charge in [0.1, 0.15) is 6.61 Å². The molecule has 0 saturated carbocycles. The lowest BCUT2D eigenvalue weighted by molar-refractivity contribution is -0.286. The Morgan fingerprint density at radius 1 is 1.13 bits per heavy atom. The Balaban J connectivity index is 3.14. The second kappa shape index (κ2) is 8.93. The van der Waals surface area contributed by atoms with Gasteiger partial charge in [0.15, 0.2) is 0 Å². The summed E-state index contributed by atoms with van der Waals surface area (Å²) in [6, 6.07) is 0. The standard InChI is InChI=1S/C13H26O2/c1-5-11-14-15-12-9-7-8-10-13(3,4)6-2/h5H,1,6-12H2,2-4H3. The average molecular weight is 214 g/mol. The van der Waals surface area contributed by atoms with Gasteiger partial charge in [-0.05, 0) is 18.3 Å². The monoisotopic (exact) mass is 214 g/mol. The molecule has 0 unspecified atom stereocenters. The van der Waals surface area contributed by atoms with Crippen LogP contribution in [0.1, 0.15) is 52.9 Å². The van der Waals surface area contributed by atoms with Gasteiger partial charge >= 0.3 is 0 Å². The second-order valence-electron chi connectivity index (χ2n) is 4.72. The van der Waals surface area contributed by atoms with E-state index in [-0.39, 0.29) is 0 Å². The first-order chi connectivity index (χ1) is 7.12. The summed E-state index contributed by atoms with van der Waals surface area (Å²) in [6.07, 6.45) is 7.83. The fraction of sp³-hybridized carbons (Fsp3) is 0.846. The van der Waals surface area contributed by atoms with E-state index < -0.39 is 0 Å². The number of hydrogen-bond acceptors (Lipinski definition) is 2. The highest BCUT2D eigenvalue weighted by molar-refractivity contribution is 4.65. The fourth-order valence-electron chi connectivity index (χ4n) is 1.27. The smallest absolute Gasteiger partial charge is 0.100 e. The molecule has 2 heteroatoms. The van der Waals surface area contributed by atoms with E-state index in [0.29, 0.717) is 18.6 Å². The van der Waals surface area contributed by atoms with Crippen LogP contribution in [0.15, 0.2) is 12.7 Å². The molecule has 0 amide bonds. The molecular formula is C13H26O2. The zero-order valence-electron chi connectivity index (χ0n) is 10.6. The first-order valence-corrected chi connectivity index (χ1v) is 5.97. The quantitative estimate of drug-likeness (QED) is 0.236. The Hall–Kier alpha value is -0.340. The highest BCUT2D eigenvalue weighted by Gasteiger charge is 2.13. The molecule has 0 radical (unpaired) electrons. The minimum absolute atomic E-state index is 0.475. The maximum absolute atomic E-state index is 4.96. The van der Waals surface area contributed by atoms with Gasteiger partial charge in [0, 0.05) is 0 Å². The lowest BCUT2D eigenvalue weighted by Crippen LogP contribution is -2.09. The largest absolute Gasteiger partial charge is 0.236 e. The van der Waals surface area contributed by atoms with Gasteiger partial charge in [-0.2, -0.15) is 0 Å². The third-order valence-electron chi connectivity index (χ3n) is 2.81. The first-order valence-electron chi connectivity index (χ1n) is 5.97. The minimum Gasteiger partial charge on any atom is -0.236 e. The second-order valence-corrected chi connectivity index (χ2v) is 4.72. The summed E-state index contributed by atoms with van der Waals surface area (Å²) in [7, 11) is 0. The molecule has 0 aliphatic rings. The summed E-state index contributed by atoms with van der Waals surface area (Å²) in [5.74, 6) is 0. The van der Waals surface area contributed by atoms with Crippen molar-refractivity contribution < 1.29 is 9.78 Å². The molecule has 0 aliphatic carbocycles. The molecule has 0 rings (SSSR count). The Morgan fingerprint density at radius 2 is 1.87 bits per heavy atom. The van der Waals surface area contributed by atoms with Crippen LogP contribution in [0, 0.1) is 5.41 Å². The Morgan fingerprint density at radius 3 is 2.47 bits per heavy atom. The highest BCUT2D eigenvalue weighted by atomic mass is 17.2. The molecule has 0 saturated heterocycles. The number of unbranched alkanes of at least 4 members (excludes halogenated alkanes) is 2. The van der Waals surface area contributed by atoms with E-state index in [1.54, 1.807) is 6.08 Å². The first kappa shape index (κ1) is 14.7. The summed E-state index contributed by atoms with van der Waals surface area (Å²) in [5.41, 5.74) is 0.500. The lowest BCUT2D eigenvalue weighted by Gasteiger charge is -2.22. The molecule has 90 valence electrons. The average Bonchev–Trinajstić information content (AvgIpc) is 2.22. The van der Waals surface area contributed by atoms with Crippen molar-refractivity contribution in [1.82, 2.24) is 0 Å². The van der Waals surface area contributed by atoms with Crippen molar-refractivity contribution in [3.8, 4) is 0 Å². The lowest BCUT2D eigenvalue weighted by atomic mass is 9.84. The van der Waals surface area contributed by atoms with Gasteiger partial charge in [0.25, 0.3) is 0 Å². The third kappa shape index (κ3) is 9.95. The SMILES string of the molecule is C=CCOOCCCCCC(C)(C)CC. The molecule has 15 heavy (non-hydrogen) atoms. The van der Waals surface area contributed by atoms with Crippen molar-refractivity contribution in [2.75, 3.05) is 13.2 Å². The molecule has 0 N–H and O–H groups in total. The summed E-state index contributed by atoms with van der Waals surface area (Å²) in [5, 5.41) is 0. The van der Waals surface area contributed by atoms with Crippen LogP contribution in [0.4, 0.5) is 0 Å². The molecule has 0 heterocycles. The summed E-state index contributed by atoms with van der Waals surface area (Å²) in [4.78, 5) is 9.79. The van der Waals surface area contributed by atoms with Gasteiger partial charge in [-0.1, -0.05) is 46.1 Å². The van der Waals surface area contributed by atoms with Crippen LogP contribution in [-0.4, -0.2) is 13.2 Å². The zero-order chi connectivity index (χ0) is 11.6. The van der Waals surface area contributed by atoms with E-state index in [0.717, 1.165) is 6.42 Å². The van der Waals surface area contributed by atoms with Crippen LogP contribution < -0.4 is 0 Å². The van der Waals surface area contributed by atoms with Gasteiger partial charge in [-0.3, -0.25) is 0 Å². The molecule has 0 fully saturated rings. The van der Waals surface area contributed by atoms with E-state index in [9.17, 15) is 0 Å². The van der Waals surface area contributed by atoms with E-state index >= 15 is 0 Å². The van der Waals surface area contributed by atoms with Crippen LogP contribution in [0.25, 0.3) is 0 Å². The number of rotatable bonds is 10. The molecule has 0 aromatic rings. The normalized spacial score (nSPS) is 11.7. The maximum atomic E-state index is 4.96. The minimum atomic E-state index is 0.475. The van der Waals surface area contributed by atoms with Crippen molar-refractivity contribution in [3.63, 3.8) is 0 Å².